The number of rotatable bonds is 12. The highest BCUT2D eigenvalue weighted by Crippen LogP contribution is 2.45. The van der Waals surface area contributed by atoms with Crippen LogP contribution in [0.4, 0.5) is 0 Å². The number of guanidine groups is 2. The summed E-state index contributed by atoms with van der Waals surface area (Å²) in [4.78, 5) is 15.4. The van der Waals surface area contributed by atoms with Gasteiger partial charge in [0.2, 0.25) is 0 Å². The second kappa shape index (κ2) is 24.9. The van der Waals surface area contributed by atoms with Crippen LogP contribution in [0, 0.1) is 0 Å². The average Bonchev–Trinajstić information content (AvgIpc) is 3.61. The van der Waals surface area contributed by atoms with Crippen LogP contribution in [0.5, 0.6) is 23.0 Å². The van der Waals surface area contributed by atoms with Crippen molar-refractivity contribution in [3.05, 3.63) is 115 Å². The van der Waals surface area contributed by atoms with E-state index in [1.54, 1.807) is 0 Å². The van der Waals surface area contributed by atoms with Crippen LogP contribution in [0.3, 0.4) is 0 Å². The number of aliphatic imine (C=N–C) groups is 2. The Morgan fingerprint density at radius 2 is 0.670 bits per heavy atom. The van der Waals surface area contributed by atoms with Crippen molar-refractivity contribution in [1.82, 2.24) is 20.4 Å². The zero-order valence-electron chi connectivity index (χ0n) is 58.6. The monoisotopic (exact) mass is 1240 g/mol. The Labute approximate surface area is 533 Å². The van der Waals surface area contributed by atoms with E-state index in [-0.39, 0.29) is 55.9 Å². The first-order valence-corrected chi connectivity index (χ1v) is 39.2. The summed E-state index contributed by atoms with van der Waals surface area (Å²) in [5.74, 6) is 4.09. The SMILES string of the molecule is CC(C)(C)c1cc2c(O)c(c1)Cc1cc(C(C)(C)C)cc(c1OC[C@@H]1CCN3CC[C@@H](CO[Si](C)(C)C(C)(C)C)N=C3N1)Cc1cc(C(C)(C)C)cc(c1O)Cc1cc(C(C)(C)C)cc(c1OC[C@@H]1CCN3CC[C@@H](CO[Si](C)(C)C(C)(C)C)N=C3N1)C2. The predicted octanol–water partition coefficient (Wildman–Crippen LogP) is 15.3. The molecule has 0 amide bonds. The van der Waals surface area contributed by atoms with Gasteiger partial charge in [-0.25, -0.2) is 9.98 Å². The molecule has 1 aliphatic carbocycles. The molecule has 9 rings (SSSR count). The Morgan fingerprint density at radius 3 is 0.932 bits per heavy atom. The van der Waals surface area contributed by atoms with Gasteiger partial charge in [0, 0.05) is 51.9 Å². The molecule has 12 nitrogen and oxygen atoms in total. The third-order valence-corrected chi connectivity index (χ3v) is 29.6. The van der Waals surface area contributed by atoms with Crippen molar-refractivity contribution in [2.75, 3.05) is 52.6 Å². The molecule has 4 heterocycles. The second-order valence-electron chi connectivity index (χ2n) is 34.0. The third kappa shape index (κ3) is 15.5. The van der Waals surface area contributed by atoms with Gasteiger partial charge in [-0.15, -0.1) is 0 Å². The molecule has 14 heteroatoms. The molecule has 0 unspecified atom stereocenters. The number of ether oxygens (including phenoxy) is 2. The molecule has 4 N–H and O–H groups in total. The summed E-state index contributed by atoms with van der Waals surface area (Å²) in [5.41, 5.74) is 11.3. The van der Waals surface area contributed by atoms with Gasteiger partial charge in [-0.2, -0.15) is 0 Å². The number of phenols is 2. The van der Waals surface area contributed by atoms with Crippen LogP contribution in [0.15, 0.2) is 58.5 Å². The molecule has 0 aromatic heterocycles. The smallest absolute Gasteiger partial charge is 0.194 e. The van der Waals surface area contributed by atoms with Crippen molar-refractivity contribution in [1.29, 1.82) is 0 Å². The van der Waals surface area contributed by atoms with Gasteiger partial charge >= 0.3 is 0 Å². The molecule has 4 aromatic rings. The van der Waals surface area contributed by atoms with Crippen LogP contribution < -0.4 is 20.1 Å². The van der Waals surface area contributed by atoms with Gasteiger partial charge < -0.3 is 49.0 Å². The van der Waals surface area contributed by atoms with Crippen LogP contribution in [-0.4, -0.2) is 125 Å². The first-order valence-electron chi connectivity index (χ1n) is 33.4. The number of nitrogens with zero attached hydrogens (tertiary/aromatic N) is 4. The molecule has 4 aliphatic heterocycles. The van der Waals surface area contributed by atoms with Crippen molar-refractivity contribution in [3.63, 3.8) is 0 Å². The number of fused-ring (bicyclic) bond motifs is 10. The summed E-state index contributed by atoms with van der Waals surface area (Å²) < 4.78 is 28.2. The van der Waals surface area contributed by atoms with E-state index in [9.17, 15) is 10.2 Å². The van der Waals surface area contributed by atoms with Gasteiger partial charge in [0.15, 0.2) is 28.6 Å². The maximum atomic E-state index is 13.1. The molecule has 88 heavy (non-hydrogen) atoms. The normalized spacial score (nSPS) is 20.7. The van der Waals surface area contributed by atoms with E-state index in [2.05, 4.69) is 220 Å². The number of phenolic OH excluding ortho intramolecular Hbond substituents is 2. The largest absolute Gasteiger partial charge is 0.507 e. The van der Waals surface area contributed by atoms with E-state index < -0.39 is 16.6 Å². The van der Waals surface area contributed by atoms with E-state index in [1.807, 2.05) is 0 Å². The Bertz CT molecular complexity index is 2940. The molecule has 4 atom stereocenters. The Hall–Kier alpha value is -5.03. The maximum absolute atomic E-state index is 13.1. The summed E-state index contributed by atoms with van der Waals surface area (Å²) in [6.45, 7) is 56.1. The average molecular weight is 1240 g/mol. The minimum absolute atomic E-state index is 0.0160. The fourth-order valence-electron chi connectivity index (χ4n) is 12.2. The van der Waals surface area contributed by atoms with Crippen LogP contribution in [0.25, 0.3) is 0 Å². The minimum atomic E-state index is -1.94. The predicted molar refractivity (Wildman–Crippen MR) is 370 cm³/mol. The topological polar surface area (TPSA) is 133 Å². The molecule has 484 valence electrons. The summed E-state index contributed by atoms with van der Waals surface area (Å²) in [6, 6.07) is 18.4. The number of hydrogen-bond donors (Lipinski definition) is 4. The van der Waals surface area contributed by atoms with Crippen LogP contribution >= 0.6 is 0 Å². The van der Waals surface area contributed by atoms with Gasteiger partial charge in [0.1, 0.15) is 36.2 Å². The van der Waals surface area contributed by atoms with Gasteiger partial charge in [-0.05, 0) is 150 Å². The zero-order chi connectivity index (χ0) is 64.5. The van der Waals surface area contributed by atoms with Crippen molar-refractivity contribution >= 4 is 28.6 Å². The highest BCUT2D eigenvalue weighted by atomic mass is 28.4. The minimum Gasteiger partial charge on any atom is -0.507 e. The molecule has 0 saturated carbocycles. The lowest BCUT2D eigenvalue weighted by Gasteiger charge is -2.41. The molecule has 5 aliphatic rings. The van der Waals surface area contributed by atoms with Crippen molar-refractivity contribution in [2.45, 2.75) is 258 Å². The zero-order valence-corrected chi connectivity index (χ0v) is 60.6. The quantitative estimate of drug-likeness (QED) is 0.0895. The molecule has 2 saturated heterocycles. The van der Waals surface area contributed by atoms with Gasteiger partial charge in [-0.3, -0.25) is 0 Å². The molecular formula is C74H114N6O6Si2. The van der Waals surface area contributed by atoms with Gasteiger partial charge in [-0.1, -0.05) is 173 Å². The molecule has 2 fully saturated rings. The van der Waals surface area contributed by atoms with E-state index >= 15 is 0 Å². The Kier molecular flexibility index (Phi) is 19.0. The molecular weight excluding hydrogens is 1130 g/mol. The number of hydrogen-bond acceptors (Lipinski definition) is 12. The second-order valence-corrected chi connectivity index (χ2v) is 43.6. The molecule has 0 spiro atoms. The number of aromatic hydroxyl groups is 2. The molecule has 0 radical (unpaired) electrons. The van der Waals surface area contributed by atoms with Gasteiger partial charge in [0.25, 0.3) is 0 Å². The summed E-state index contributed by atoms with van der Waals surface area (Å²) in [7, 11) is -3.87. The molecule has 4 aromatic carbocycles. The lowest BCUT2D eigenvalue weighted by Crippen LogP contribution is -2.57. The lowest BCUT2D eigenvalue weighted by atomic mass is 9.79. The fraction of sp³-hybridized carbons (Fsp3) is 0.649. The highest BCUT2D eigenvalue weighted by Gasteiger charge is 2.41. The summed E-state index contributed by atoms with van der Waals surface area (Å²) in [6.07, 6.45) is 5.54. The van der Waals surface area contributed by atoms with Crippen molar-refractivity contribution in [3.8, 4) is 23.0 Å². The van der Waals surface area contributed by atoms with E-state index in [0.29, 0.717) is 63.6 Å². The summed E-state index contributed by atoms with van der Waals surface area (Å²) in [5, 5.41) is 34.1. The highest BCUT2D eigenvalue weighted by molar-refractivity contribution is 6.74. The summed E-state index contributed by atoms with van der Waals surface area (Å²) >= 11 is 0. The first kappa shape index (κ1) is 67.4. The Balaban J connectivity index is 1.14. The van der Waals surface area contributed by atoms with E-state index in [1.165, 1.54) is 11.1 Å². The van der Waals surface area contributed by atoms with Gasteiger partial charge in [0.05, 0.1) is 37.4 Å². The van der Waals surface area contributed by atoms with E-state index in [0.717, 1.165) is 131 Å². The Morgan fingerprint density at radius 1 is 0.409 bits per heavy atom. The number of nitrogens with one attached hydrogen (secondary N) is 2. The number of benzene rings is 4. The van der Waals surface area contributed by atoms with Crippen LogP contribution in [0.1, 0.15) is 217 Å². The van der Waals surface area contributed by atoms with E-state index in [4.69, 9.17) is 28.3 Å². The first-order chi connectivity index (χ1) is 40.6. The standard InChI is InChI=1S/C74H114N6O6Si2/c1-69(2,3)55-35-47-31-51-39-57(71(7,8)9)41-53(65(51)83-43-59-23-27-79-29-25-61(77-67(79)75-59)45-85-87(19,20)73(13,14)15)33-49-37-56(70(4,5)6)38-50(64(49)82)34-54-42-58(72(10,11)12)40-52(32-48(36-55)63(47)81)66(54)84-44-60-24-28-80-30-26-62(78-68(80)76-60)46-86-88(21,22)74(16,17)18/h35-42,59-62,81-82H,23-34,43-46H2,1-22H3,(H,75,77)(H,76,78)/t59-,60-,61-,62-/m0/s1. The van der Waals surface area contributed by atoms with Crippen molar-refractivity contribution < 1.29 is 28.5 Å². The van der Waals surface area contributed by atoms with Crippen LogP contribution in [0.2, 0.25) is 36.3 Å². The van der Waals surface area contributed by atoms with Crippen LogP contribution in [-0.2, 0) is 56.2 Å². The fourth-order valence-corrected chi connectivity index (χ4v) is 14.3. The third-order valence-electron chi connectivity index (χ3n) is 20.6. The molecule has 8 bridgehead atoms. The maximum Gasteiger partial charge on any atom is 0.194 e. The van der Waals surface area contributed by atoms with Crippen molar-refractivity contribution in [2.24, 2.45) is 9.98 Å². The lowest BCUT2D eigenvalue weighted by molar-refractivity contribution is 0.205.